The number of aldehydes is 1. The maximum atomic E-state index is 15.4. The predicted octanol–water partition coefficient (Wildman–Crippen LogP) is 5.71. The summed E-state index contributed by atoms with van der Waals surface area (Å²) in [6, 6.07) is 7.47. The summed E-state index contributed by atoms with van der Waals surface area (Å²) >= 11 is 0. The van der Waals surface area contributed by atoms with Gasteiger partial charge in [0.05, 0.1) is 25.2 Å². The lowest BCUT2D eigenvalue weighted by molar-refractivity contribution is -0.133. The van der Waals surface area contributed by atoms with Crippen molar-refractivity contribution in [2.24, 2.45) is 11.8 Å². The Kier molecular flexibility index (Phi) is 7.74. The van der Waals surface area contributed by atoms with E-state index in [0.717, 1.165) is 44.0 Å². The number of oxazole rings is 1. The number of nitrogens with one attached hydrogen (secondary N) is 1. The van der Waals surface area contributed by atoms with E-state index in [4.69, 9.17) is 9.15 Å². The molecular weight excluding hydrogens is 492 g/mol. The van der Waals surface area contributed by atoms with E-state index in [1.807, 2.05) is 11.8 Å². The summed E-state index contributed by atoms with van der Waals surface area (Å²) in [5.74, 6) is -0.724. The van der Waals surface area contributed by atoms with Gasteiger partial charge in [0.1, 0.15) is 17.6 Å². The second-order valence-electron chi connectivity index (χ2n) is 10.7. The number of hydrogen-bond donors (Lipinski definition) is 1. The highest BCUT2D eigenvalue weighted by Crippen LogP contribution is 2.30. The number of halogens is 2. The Hall–Kier alpha value is -3.33. The summed E-state index contributed by atoms with van der Waals surface area (Å²) in [7, 11) is 0. The molecule has 2 fully saturated rings. The molecule has 202 valence electrons. The number of nitrogens with zero attached hydrogens (tertiary/aromatic N) is 2. The van der Waals surface area contributed by atoms with Crippen molar-refractivity contribution < 1.29 is 27.5 Å². The maximum Gasteiger partial charge on any atom is 0.300 e. The molecule has 0 unspecified atom stereocenters. The molecule has 7 nitrogen and oxygen atoms in total. The van der Waals surface area contributed by atoms with Gasteiger partial charge in [0, 0.05) is 23.7 Å². The zero-order valence-electron chi connectivity index (χ0n) is 21.7. The first kappa shape index (κ1) is 26.3. The molecule has 2 atom stereocenters. The van der Waals surface area contributed by atoms with Gasteiger partial charge in [-0.05, 0) is 68.7 Å². The minimum atomic E-state index is -0.626. The topological polar surface area (TPSA) is 84.7 Å². The molecule has 3 aromatic rings. The minimum Gasteiger partial charge on any atom is -0.420 e. The van der Waals surface area contributed by atoms with Crippen LogP contribution in [0, 0.1) is 30.4 Å². The Morgan fingerprint density at radius 3 is 2.76 bits per heavy atom. The number of rotatable bonds is 8. The SMILES string of the molecule is Cc1ccc(F)cc1Nc1nc2ccc(CC(=O)N3C[C@@H](C)C[C@H]3COC3CCC(C=O)CC3)c(F)c2o1. The number of likely N-dealkylation sites (tertiary alicyclic amines) is 1. The molecule has 1 amide bonds. The summed E-state index contributed by atoms with van der Waals surface area (Å²) in [6.07, 6.45) is 5.31. The quantitative estimate of drug-likeness (QED) is 0.379. The van der Waals surface area contributed by atoms with Crippen LogP contribution in [-0.2, 0) is 20.7 Å². The highest BCUT2D eigenvalue weighted by Gasteiger charge is 2.34. The van der Waals surface area contributed by atoms with Gasteiger partial charge in [-0.2, -0.15) is 4.98 Å². The van der Waals surface area contributed by atoms with Gasteiger partial charge < -0.3 is 24.2 Å². The van der Waals surface area contributed by atoms with Gasteiger partial charge in [-0.1, -0.05) is 19.1 Å². The van der Waals surface area contributed by atoms with Crippen LogP contribution < -0.4 is 5.32 Å². The fourth-order valence-corrected chi connectivity index (χ4v) is 5.55. The lowest BCUT2D eigenvalue weighted by Crippen LogP contribution is -2.40. The van der Waals surface area contributed by atoms with E-state index in [1.165, 1.54) is 12.1 Å². The van der Waals surface area contributed by atoms with Crippen molar-refractivity contribution in [1.82, 2.24) is 9.88 Å². The van der Waals surface area contributed by atoms with Gasteiger partial charge in [0.15, 0.2) is 11.4 Å². The minimum absolute atomic E-state index is 0.0452. The van der Waals surface area contributed by atoms with Crippen LogP contribution in [0.3, 0.4) is 0 Å². The molecule has 1 saturated heterocycles. The lowest BCUT2D eigenvalue weighted by atomic mass is 9.88. The average molecular weight is 526 g/mol. The van der Waals surface area contributed by atoms with Gasteiger partial charge in [0.2, 0.25) is 5.91 Å². The molecule has 2 heterocycles. The number of fused-ring (bicyclic) bond motifs is 1. The van der Waals surface area contributed by atoms with Crippen LogP contribution in [0.1, 0.15) is 50.2 Å². The molecular formula is C29H33F2N3O4. The van der Waals surface area contributed by atoms with Crippen LogP contribution in [0.25, 0.3) is 11.1 Å². The Labute approximate surface area is 220 Å². The molecule has 0 radical (unpaired) electrons. The third kappa shape index (κ3) is 5.72. The standard InChI is InChI=1S/C29H33F2N3O4/c1-17-11-22(16-37-23-8-4-19(15-35)5-9-23)34(14-17)26(36)12-20-6-10-24-28(27(20)31)38-29(32-24)33-25-13-21(30)7-3-18(25)2/h3,6-7,10,13,15,17,19,22-23H,4-5,8-9,11-12,14,16H2,1-2H3,(H,32,33)/t17-,19?,22-,23?/m0/s1. The van der Waals surface area contributed by atoms with Gasteiger partial charge in [-0.25, -0.2) is 8.78 Å². The zero-order chi connectivity index (χ0) is 26.8. The molecule has 1 aromatic heterocycles. The van der Waals surface area contributed by atoms with Crippen LogP contribution >= 0.6 is 0 Å². The first-order chi connectivity index (χ1) is 18.3. The van der Waals surface area contributed by atoms with E-state index in [2.05, 4.69) is 17.2 Å². The second kappa shape index (κ2) is 11.2. The summed E-state index contributed by atoms with van der Waals surface area (Å²) in [4.78, 5) is 30.4. The number of amides is 1. The monoisotopic (exact) mass is 525 g/mol. The van der Waals surface area contributed by atoms with Crippen LogP contribution in [0.5, 0.6) is 0 Å². The van der Waals surface area contributed by atoms with Gasteiger partial charge in [0.25, 0.3) is 6.01 Å². The molecule has 1 saturated carbocycles. The highest BCUT2D eigenvalue weighted by atomic mass is 19.1. The summed E-state index contributed by atoms with van der Waals surface area (Å²) < 4.78 is 40.8. The zero-order valence-corrected chi connectivity index (χ0v) is 21.7. The van der Waals surface area contributed by atoms with Gasteiger partial charge in [-0.15, -0.1) is 0 Å². The molecule has 1 N–H and O–H groups in total. The number of ether oxygens (including phenoxy) is 1. The van der Waals surface area contributed by atoms with Crippen molar-refractivity contribution in [1.29, 1.82) is 0 Å². The van der Waals surface area contributed by atoms with E-state index >= 15 is 4.39 Å². The number of carbonyl (C=O) groups is 2. The third-order valence-corrected chi connectivity index (χ3v) is 7.74. The van der Waals surface area contributed by atoms with E-state index in [-0.39, 0.29) is 47.6 Å². The normalized spacial score (nSPS) is 23.6. The third-order valence-electron chi connectivity index (χ3n) is 7.74. The Morgan fingerprint density at radius 2 is 2.00 bits per heavy atom. The fraction of sp³-hybridized carbons (Fsp3) is 0.483. The first-order valence-electron chi connectivity index (χ1n) is 13.3. The van der Waals surface area contributed by atoms with Gasteiger partial charge in [-0.3, -0.25) is 4.79 Å². The average Bonchev–Trinajstić information content (AvgIpc) is 3.50. The van der Waals surface area contributed by atoms with Crippen molar-refractivity contribution >= 4 is 35.0 Å². The largest absolute Gasteiger partial charge is 0.420 e. The predicted molar refractivity (Wildman–Crippen MR) is 139 cm³/mol. The highest BCUT2D eigenvalue weighted by molar-refractivity contribution is 5.82. The summed E-state index contributed by atoms with van der Waals surface area (Å²) in [6.45, 7) is 4.97. The molecule has 9 heteroatoms. The van der Waals surface area contributed by atoms with Crippen molar-refractivity contribution in [2.75, 3.05) is 18.5 Å². The van der Waals surface area contributed by atoms with Crippen LogP contribution in [-0.4, -0.2) is 47.4 Å². The molecule has 5 rings (SSSR count). The van der Waals surface area contributed by atoms with Crippen molar-refractivity contribution in [2.45, 2.75) is 64.5 Å². The molecule has 0 spiro atoms. The Balaban J connectivity index is 1.25. The number of hydrogen-bond acceptors (Lipinski definition) is 6. The van der Waals surface area contributed by atoms with E-state index in [9.17, 15) is 14.0 Å². The Bertz CT molecular complexity index is 1320. The van der Waals surface area contributed by atoms with Gasteiger partial charge >= 0.3 is 0 Å². The molecule has 1 aliphatic heterocycles. The number of benzene rings is 2. The van der Waals surface area contributed by atoms with E-state index < -0.39 is 11.6 Å². The molecule has 2 aromatic carbocycles. The lowest BCUT2D eigenvalue weighted by Gasteiger charge is -2.29. The number of carbonyl (C=O) groups excluding carboxylic acids is 2. The van der Waals surface area contributed by atoms with Crippen molar-refractivity contribution in [3.05, 3.63) is 53.1 Å². The van der Waals surface area contributed by atoms with Crippen LogP contribution in [0.15, 0.2) is 34.7 Å². The van der Waals surface area contributed by atoms with Crippen LogP contribution in [0.2, 0.25) is 0 Å². The van der Waals surface area contributed by atoms with Crippen molar-refractivity contribution in [3.8, 4) is 0 Å². The molecule has 0 bridgehead atoms. The second-order valence-corrected chi connectivity index (χ2v) is 10.7. The first-order valence-corrected chi connectivity index (χ1v) is 13.3. The van der Waals surface area contributed by atoms with E-state index in [1.54, 1.807) is 18.2 Å². The van der Waals surface area contributed by atoms with Crippen molar-refractivity contribution in [3.63, 3.8) is 0 Å². The summed E-state index contributed by atoms with van der Waals surface area (Å²) in [5, 5.41) is 2.90. The number of aryl methyl sites for hydroxylation is 1. The van der Waals surface area contributed by atoms with Crippen LogP contribution in [0.4, 0.5) is 20.5 Å². The summed E-state index contributed by atoms with van der Waals surface area (Å²) in [5.41, 5.74) is 1.75. The maximum absolute atomic E-state index is 15.4. The number of aromatic nitrogens is 1. The molecule has 1 aliphatic carbocycles. The molecule has 38 heavy (non-hydrogen) atoms. The fourth-order valence-electron chi connectivity index (χ4n) is 5.55. The smallest absolute Gasteiger partial charge is 0.300 e. The molecule has 2 aliphatic rings. The van der Waals surface area contributed by atoms with E-state index in [0.29, 0.717) is 30.3 Å². The number of anilines is 2. The Morgan fingerprint density at radius 1 is 1.21 bits per heavy atom.